The number of halogens is 9. The number of alkyl halides is 9. The summed E-state index contributed by atoms with van der Waals surface area (Å²) < 4.78 is 130. The lowest BCUT2D eigenvalue weighted by molar-refractivity contribution is -0.388. The predicted molar refractivity (Wildman–Crippen MR) is 108 cm³/mol. The van der Waals surface area contributed by atoms with E-state index in [4.69, 9.17) is 9.47 Å². The Balaban J connectivity index is 2.04. The summed E-state index contributed by atoms with van der Waals surface area (Å²) in [4.78, 5) is 0. The number of rotatable bonds is 8. The average Bonchev–Trinajstić information content (AvgIpc) is 2.76. The first-order chi connectivity index (χ1) is 15.9. The van der Waals surface area contributed by atoms with Gasteiger partial charge in [0.05, 0.1) is 6.10 Å². The lowest BCUT2D eigenvalue weighted by Crippen LogP contribution is -2.62. The van der Waals surface area contributed by atoms with Gasteiger partial charge in [0.25, 0.3) is 5.60 Å². The quantitative estimate of drug-likeness (QED) is 0.285. The van der Waals surface area contributed by atoms with E-state index in [0.29, 0.717) is 0 Å². The lowest BCUT2D eigenvalue weighted by Gasteiger charge is -2.42. The molecule has 202 valence electrons. The van der Waals surface area contributed by atoms with Crippen LogP contribution in [0.3, 0.4) is 0 Å². The van der Waals surface area contributed by atoms with Crippen molar-refractivity contribution in [2.24, 2.45) is 5.92 Å². The van der Waals surface area contributed by atoms with Gasteiger partial charge < -0.3 is 14.6 Å². The second kappa shape index (κ2) is 10.5. The van der Waals surface area contributed by atoms with Crippen molar-refractivity contribution in [3.63, 3.8) is 0 Å². The van der Waals surface area contributed by atoms with Gasteiger partial charge in [-0.1, -0.05) is 38.1 Å². The van der Waals surface area contributed by atoms with Gasteiger partial charge in [-0.15, -0.1) is 0 Å². The topological polar surface area (TPSA) is 38.7 Å². The summed E-state index contributed by atoms with van der Waals surface area (Å²) in [6.07, 6.45) is -18.8. The number of hydrogen-bond acceptors (Lipinski definition) is 3. The van der Waals surface area contributed by atoms with E-state index < -0.39 is 61.4 Å². The van der Waals surface area contributed by atoms with Crippen LogP contribution < -0.4 is 0 Å². The van der Waals surface area contributed by atoms with Crippen LogP contribution in [0.4, 0.5) is 39.5 Å². The summed E-state index contributed by atoms with van der Waals surface area (Å²) in [5.74, 6) is -2.00. The summed E-state index contributed by atoms with van der Waals surface area (Å²) in [6, 6.07) is 5.74. The van der Waals surface area contributed by atoms with Gasteiger partial charge in [0.15, 0.2) is 5.60 Å². The second-order valence-electron chi connectivity index (χ2n) is 9.13. The molecule has 1 aliphatic rings. The van der Waals surface area contributed by atoms with Gasteiger partial charge in [0.2, 0.25) is 0 Å². The highest BCUT2D eigenvalue weighted by molar-refractivity contribution is 5.30. The second-order valence-corrected chi connectivity index (χ2v) is 9.13. The maximum atomic E-state index is 13.9. The summed E-state index contributed by atoms with van der Waals surface area (Å²) in [5.41, 5.74) is -6.93. The Kier molecular flexibility index (Phi) is 8.87. The fraction of sp³-hybridized carbons (Fsp3) is 0.739. The Hall–Kier alpha value is -1.53. The van der Waals surface area contributed by atoms with Gasteiger partial charge in [-0.2, -0.15) is 39.5 Å². The molecule has 1 saturated carbocycles. The van der Waals surface area contributed by atoms with E-state index in [-0.39, 0.29) is 24.3 Å². The van der Waals surface area contributed by atoms with Crippen molar-refractivity contribution >= 4 is 0 Å². The minimum atomic E-state index is -5.92. The van der Waals surface area contributed by atoms with Crippen molar-refractivity contribution in [1.82, 2.24) is 0 Å². The third-order valence-electron chi connectivity index (χ3n) is 6.96. The Bertz CT molecular complexity index is 796. The molecule has 1 N–H and O–H groups in total. The molecule has 12 heteroatoms. The molecule has 1 aliphatic carbocycles. The molecule has 0 bridgehead atoms. The number of ether oxygens (including phenoxy) is 2. The first-order valence-electron chi connectivity index (χ1n) is 11.2. The molecule has 3 nitrogen and oxygen atoms in total. The van der Waals surface area contributed by atoms with Crippen molar-refractivity contribution < 1.29 is 54.1 Å². The zero-order chi connectivity index (χ0) is 26.9. The third-order valence-corrected chi connectivity index (χ3v) is 6.96. The molecule has 0 heterocycles. The maximum Gasteiger partial charge on any atom is 0.426 e. The molecule has 2 rings (SSSR count). The van der Waals surface area contributed by atoms with E-state index in [1.807, 2.05) is 13.8 Å². The van der Waals surface area contributed by atoms with E-state index in [2.05, 4.69) is 0 Å². The Morgan fingerprint density at radius 1 is 0.857 bits per heavy atom. The molecule has 2 atom stereocenters. The minimum absolute atomic E-state index is 0.146. The fourth-order valence-corrected chi connectivity index (χ4v) is 4.21. The van der Waals surface area contributed by atoms with E-state index in [9.17, 15) is 44.6 Å². The predicted octanol–water partition coefficient (Wildman–Crippen LogP) is 7.38. The SMILES string of the molecule is CCC(C)c1ccc(C(C)(OCOC2CCC(C(O)(C(F)(F)F)C(F)(F)F)CC2)C(F)(F)F)cc1. The van der Waals surface area contributed by atoms with Crippen LogP contribution in [0.1, 0.15) is 69.9 Å². The van der Waals surface area contributed by atoms with Gasteiger partial charge in [-0.25, -0.2) is 0 Å². The molecule has 0 saturated heterocycles. The number of aliphatic hydroxyl groups is 1. The highest BCUT2D eigenvalue weighted by atomic mass is 19.4. The normalized spacial score (nSPS) is 23.1. The van der Waals surface area contributed by atoms with Crippen molar-refractivity contribution in [2.45, 2.75) is 94.6 Å². The van der Waals surface area contributed by atoms with Gasteiger partial charge in [0, 0.05) is 5.92 Å². The summed E-state index contributed by atoms with van der Waals surface area (Å²) in [5, 5.41) is 9.52. The maximum absolute atomic E-state index is 13.9. The highest BCUT2D eigenvalue weighted by Crippen LogP contribution is 2.52. The monoisotopic (exact) mass is 524 g/mol. The molecule has 1 aromatic rings. The van der Waals surface area contributed by atoms with Crippen LogP contribution >= 0.6 is 0 Å². The molecular weight excluding hydrogens is 495 g/mol. The molecule has 2 unspecified atom stereocenters. The molecule has 1 fully saturated rings. The zero-order valence-corrected chi connectivity index (χ0v) is 19.4. The van der Waals surface area contributed by atoms with Gasteiger partial charge in [-0.05, 0) is 56.1 Å². The molecule has 0 amide bonds. The first kappa shape index (κ1) is 29.7. The van der Waals surface area contributed by atoms with Crippen LogP contribution in [0.5, 0.6) is 0 Å². The smallest absolute Gasteiger partial charge is 0.373 e. The number of hydrogen-bond donors (Lipinski definition) is 1. The zero-order valence-electron chi connectivity index (χ0n) is 19.4. The average molecular weight is 524 g/mol. The van der Waals surface area contributed by atoms with Crippen LogP contribution in [0, 0.1) is 5.92 Å². The van der Waals surface area contributed by atoms with E-state index in [0.717, 1.165) is 18.9 Å². The summed E-state index contributed by atoms with van der Waals surface area (Å²) >= 11 is 0. The van der Waals surface area contributed by atoms with Crippen molar-refractivity contribution in [3.05, 3.63) is 35.4 Å². The van der Waals surface area contributed by atoms with Gasteiger partial charge >= 0.3 is 18.5 Å². The highest BCUT2D eigenvalue weighted by Gasteiger charge is 2.73. The van der Waals surface area contributed by atoms with Crippen LogP contribution in [-0.2, 0) is 15.1 Å². The van der Waals surface area contributed by atoms with Gasteiger partial charge in [-0.3, -0.25) is 0 Å². The molecule has 0 aliphatic heterocycles. The standard InChI is InChI=1S/C23H29F9O3/c1-4-14(2)15-5-7-16(8-6-15)19(3,21(24,25)26)35-13-34-18-11-9-17(10-12-18)20(33,22(27,28)29)23(30,31)32/h5-8,14,17-18,33H,4,9-13H2,1-3H3. The van der Waals surface area contributed by atoms with E-state index in [1.54, 1.807) is 12.1 Å². The van der Waals surface area contributed by atoms with Crippen LogP contribution in [0.15, 0.2) is 24.3 Å². The Morgan fingerprint density at radius 2 is 1.34 bits per heavy atom. The van der Waals surface area contributed by atoms with E-state index >= 15 is 0 Å². The molecule has 35 heavy (non-hydrogen) atoms. The fourth-order valence-electron chi connectivity index (χ4n) is 4.21. The van der Waals surface area contributed by atoms with Crippen LogP contribution in [0.2, 0.25) is 0 Å². The Labute approximate surface area is 197 Å². The first-order valence-corrected chi connectivity index (χ1v) is 11.2. The summed E-state index contributed by atoms with van der Waals surface area (Å²) in [7, 11) is 0. The van der Waals surface area contributed by atoms with Crippen molar-refractivity contribution in [3.8, 4) is 0 Å². The molecular formula is C23H29F9O3. The molecule has 0 aromatic heterocycles. The van der Waals surface area contributed by atoms with Crippen molar-refractivity contribution in [1.29, 1.82) is 0 Å². The van der Waals surface area contributed by atoms with Crippen molar-refractivity contribution in [2.75, 3.05) is 6.79 Å². The van der Waals surface area contributed by atoms with Crippen LogP contribution in [-0.4, -0.2) is 42.1 Å². The van der Waals surface area contributed by atoms with E-state index in [1.165, 1.54) is 12.1 Å². The molecule has 0 radical (unpaired) electrons. The largest absolute Gasteiger partial charge is 0.426 e. The summed E-state index contributed by atoms with van der Waals surface area (Å²) in [6.45, 7) is 3.82. The number of benzene rings is 1. The van der Waals surface area contributed by atoms with Gasteiger partial charge in [0.1, 0.15) is 6.79 Å². The minimum Gasteiger partial charge on any atom is -0.373 e. The lowest BCUT2D eigenvalue weighted by atomic mass is 9.75. The third kappa shape index (κ3) is 6.07. The molecule has 1 aromatic carbocycles. The Morgan fingerprint density at radius 3 is 1.74 bits per heavy atom. The van der Waals surface area contributed by atoms with Crippen LogP contribution in [0.25, 0.3) is 0 Å². The molecule has 0 spiro atoms.